The van der Waals surface area contributed by atoms with Gasteiger partial charge in [-0.3, -0.25) is 0 Å². The lowest BCUT2D eigenvalue weighted by molar-refractivity contribution is 0.687. The number of unbranched alkanes of at least 4 members (excludes halogenated alkanes) is 1. The molecule has 94 valence electrons. The molecule has 1 fully saturated rings. The Morgan fingerprint density at radius 1 is 1.35 bits per heavy atom. The van der Waals surface area contributed by atoms with Gasteiger partial charge in [-0.25, -0.2) is 0 Å². The Balaban J connectivity index is 1.85. The van der Waals surface area contributed by atoms with Crippen molar-refractivity contribution in [2.45, 2.75) is 57.0 Å². The van der Waals surface area contributed by atoms with Gasteiger partial charge in [0.15, 0.2) is 0 Å². The average Bonchev–Trinajstić information content (AvgIpc) is 3.13. The molecule has 0 atom stereocenters. The third kappa shape index (κ3) is 4.36. The van der Waals surface area contributed by atoms with E-state index in [1.54, 1.807) is 0 Å². The zero-order valence-corrected chi connectivity index (χ0v) is 11.8. The van der Waals surface area contributed by atoms with Crippen molar-refractivity contribution in [2.24, 2.45) is 0 Å². The van der Waals surface area contributed by atoms with Crippen LogP contribution >= 0.6 is 11.8 Å². The van der Waals surface area contributed by atoms with Crippen LogP contribution in [0.3, 0.4) is 0 Å². The van der Waals surface area contributed by atoms with E-state index < -0.39 is 0 Å². The number of benzene rings is 1. The minimum atomic E-state index is 0.800. The molecule has 0 radical (unpaired) electrons. The molecule has 17 heavy (non-hydrogen) atoms. The van der Waals surface area contributed by atoms with Crippen LogP contribution in [-0.4, -0.2) is 11.8 Å². The first-order valence-corrected chi connectivity index (χ1v) is 7.74. The second-order valence-corrected chi connectivity index (χ2v) is 6.09. The van der Waals surface area contributed by atoms with E-state index in [0.29, 0.717) is 0 Å². The van der Waals surface area contributed by atoms with Gasteiger partial charge in [-0.05, 0) is 49.1 Å². The van der Waals surface area contributed by atoms with Crippen LogP contribution in [0, 0.1) is 6.92 Å². The van der Waals surface area contributed by atoms with Gasteiger partial charge in [-0.1, -0.05) is 25.5 Å². The van der Waals surface area contributed by atoms with Crippen LogP contribution in [0.15, 0.2) is 23.1 Å². The molecule has 1 saturated carbocycles. The van der Waals surface area contributed by atoms with E-state index in [9.17, 15) is 0 Å². The lowest BCUT2D eigenvalue weighted by Gasteiger charge is -2.08. The lowest BCUT2D eigenvalue weighted by atomic mass is 10.1. The zero-order chi connectivity index (χ0) is 12.1. The Morgan fingerprint density at radius 3 is 2.82 bits per heavy atom. The largest absolute Gasteiger partial charge is 0.310 e. The van der Waals surface area contributed by atoms with Gasteiger partial charge in [-0.2, -0.15) is 0 Å². The first-order chi connectivity index (χ1) is 8.29. The summed E-state index contributed by atoms with van der Waals surface area (Å²) in [4.78, 5) is 1.45. The minimum absolute atomic E-state index is 0.800. The third-order valence-electron chi connectivity index (χ3n) is 3.17. The second kappa shape index (κ2) is 6.46. The van der Waals surface area contributed by atoms with Crippen LogP contribution in [0.25, 0.3) is 0 Å². The van der Waals surface area contributed by atoms with E-state index in [1.165, 1.54) is 47.5 Å². The maximum atomic E-state index is 3.57. The lowest BCUT2D eigenvalue weighted by Crippen LogP contribution is -2.15. The fourth-order valence-electron chi connectivity index (χ4n) is 1.86. The van der Waals surface area contributed by atoms with E-state index in [2.05, 4.69) is 37.4 Å². The third-order valence-corrected chi connectivity index (χ3v) is 4.43. The van der Waals surface area contributed by atoms with Crippen LogP contribution in [-0.2, 0) is 6.54 Å². The summed E-state index contributed by atoms with van der Waals surface area (Å²) in [6, 6.07) is 7.70. The maximum Gasteiger partial charge on any atom is 0.0208 e. The van der Waals surface area contributed by atoms with E-state index in [-0.39, 0.29) is 0 Å². The normalized spacial score (nSPS) is 15.2. The highest BCUT2D eigenvalue weighted by molar-refractivity contribution is 7.99. The van der Waals surface area contributed by atoms with Gasteiger partial charge < -0.3 is 5.32 Å². The van der Waals surface area contributed by atoms with Crippen LogP contribution in [0.5, 0.6) is 0 Å². The molecule has 0 spiro atoms. The standard InChI is InChI=1S/C15H23NS/c1-3-4-9-17-15-8-5-13(10-12(15)2)11-16-14-6-7-14/h5,8,10,14,16H,3-4,6-7,9,11H2,1-2H3. The SMILES string of the molecule is CCCCSc1ccc(CNC2CC2)cc1C. The number of aryl methyl sites for hydroxylation is 1. The first-order valence-electron chi connectivity index (χ1n) is 6.75. The quantitative estimate of drug-likeness (QED) is 0.576. The van der Waals surface area contributed by atoms with Gasteiger partial charge in [0.2, 0.25) is 0 Å². The summed E-state index contributed by atoms with van der Waals surface area (Å²) in [7, 11) is 0. The van der Waals surface area contributed by atoms with Crippen molar-refractivity contribution in [3.05, 3.63) is 29.3 Å². The van der Waals surface area contributed by atoms with Crippen molar-refractivity contribution >= 4 is 11.8 Å². The highest BCUT2D eigenvalue weighted by Crippen LogP contribution is 2.25. The average molecular weight is 249 g/mol. The summed E-state index contributed by atoms with van der Waals surface area (Å²) in [5, 5.41) is 3.57. The molecule has 1 aromatic carbocycles. The Labute approximate surface area is 109 Å². The van der Waals surface area contributed by atoms with Gasteiger partial charge in [-0.15, -0.1) is 11.8 Å². The molecule has 1 nitrogen and oxygen atoms in total. The van der Waals surface area contributed by atoms with Gasteiger partial charge in [0, 0.05) is 17.5 Å². The smallest absolute Gasteiger partial charge is 0.0208 e. The molecule has 2 heteroatoms. The molecule has 2 rings (SSSR count). The molecule has 0 bridgehead atoms. The molecule has 0 aliphatic heterocycles. The summed E-state index contributed by atoms with van der Waals surface area (Å²) < 4.78 is 0. The molecular formula is C15H23NS. The number of thioether (sulfide) groups is 1. The summed E-state index contributed by atoms with van der Waals surface area (Å²) in [5.41, 5.74) is 2.86. The van der Waals surface area contributed by atoms with E-state index in [0.717, 1.165) is 12.6 Å². The number of nitrogens with one attached hydrogen (secondary N) is 1. The Kier molecular flexibility index (Phi) is 4.93. The number of hydrogen-bond acceptors (Lipinski definition) is 2. The molecule has 1 aliphatic rings. The fourth-order valence-corrected chi connectivity index (χ4v) is 2.96. The monoisotopic (exact) mass is 249 g/mol. The van der Waals surface area contributed by atoms with E-state index in [1.807, 2.05) is 11.8 Å². The van der Waals surface area contributed by atoms with Crippen molar-refractivity contribution in [1.29, 1.82) is 0 Å². The van der Waals surface area contributed by atoms with Gasteiger partial charge in [0.1, 0.15) is 0 Å². The van der Waals surface area contributed by atoms with Gasteiger partial charge >= 0.3 is 0 Å². The summed E-state index contributed by atoms with van der Waals surface area (Å²) >= 11 is 2.00. The predicted octanol–water partition coefficient (Wildman–Crippen LogP) is 4.14. The van der Waals surface area contributed by atoms with Gasteiger partial charge in [0.05, 0.1) is 0 Å². The molecular weight excluding hydrogens is 226 g/mol. The maximum absolute atomic E-state index is 3.57. The molecule has 1 aliphatic carbocycles. The summed E-state index contributed by atoms with van der Waals surface area (Å²) in [6.45, 7) is 5.51. The van der Waals surface area contributed by atoms with E-state index >= 15 is 0 Å². The fraction of sp³-hybridized carbons (Fsp3) is 0.600. The highest BCUT2D eigenvalue weighted by atomic mass is 32.2. The number of hydrogen-bond donors (Lipinski definition) is 1. The molecule has 1 N–H and O–H groups in total. The first kappa shape index (κ1) is 13.0. The van der Waals surface area contributed by atoms with Crippen LogP contribution in [0.4, 0.5) is 0 Å². The zero-order valence-electron chi connectivity index (χ0n) is 11.0. The Hall–Kier alpha value is -0.470. The minimum Gasteiger partial charge on any atom is -0.310 e. The predicted molar refractivity (Wildman–Crippen MR) is 76.7 cm³/mol. The van der Waals surface area contributed by atoms with Crippen molar-refractivity contribution in [3.63, 3.8) is 0 Å². The Morgan fingerprint density at radius 2 is 2.18 bits per heavy atom. The molecule has 1 aromatic rings. The van der Waals surface area contributed by atoms with Crippen molar-refractivity contribution in [3.8, 4) is 0 Å². The molecule has 0 aromatic heterocycles. The van der Waals surface area contributed by atoms with Crippen LogP contribution < -0.4 is 5.32 Å². The molecule has 0 unspecified atom stereocenters. The Bertz CT molecular complexity index is 358. The molecule has 0 saturated heterocycles. The molecule has 0 amide bonds. The topological polar surface area (TPSA) is 12.0 Å². The molecule has 0 heterocycles. The van der Waals surface area contributed by atoms with Crippen molar-refractivity contribution in [2.75, 3.05) is 5.75 Å². The van der Waals surface area contributed by atoms with E-state index in [4.69, 9.17) is 0 Å². The summed E-state index contributed by atoms with van der Waals surface area (Å²) in [6.07, 6.45) is 5.33. The highest BCUT2D eigenvalue weighted by Gasteiger charge is 2.19. The second-order valence-electron chi connectivity index (χ2n) is 4.96. The van der Waals surface area contributed by atoms with Crippen molar-refractivity contribution < 1.29 is 0 Å². The summed E-state index contributed by atoms with van der Waals surface area (Å²) in [5.74, 6) is 1.25. The van der Waals surface area contributed by atoms with Crippen molar-refractivity contribution in [1.82, 2.24) is 5.32 Å². The van der Waals surface area contributed by atoms with Gasteiger partial charge in [0.25, 0.3) is 0 Å². The van der Waals surface area contributed by atoms with Crippen LogP contribution in [0.2, 0.25) is 0 Å². The number of rotatable bonds is 7. The van der Waals surface area contributed by atoms with Crippen LogP contribution in [0.1, 0.15) is 43.7 Å².